The number of nitrogens with zero attached hydrogens (tertiary/aromatic N) is 3. The van der Waals surface area contributed by atoms with E-state index in [2.05, 4.69) is 25.5 Å². The zero-order chi connectivity index (χ0) is 12.5. The van der Waals surface area contributed by atoms with Crippen LogP contribution in [-0.2, 0) is 0 Å². The van der Waals surface area contributed by atoms with E-state index in [4.69, 9.17) is 0 Å². The first kappa shape index (κ1) is 10.6. The van der Waals surface area contributed by atoms with E-state index in [-0.39, 0.29) is 11.5 Å². The van der Waals surface area contributed by atoms with Crippen LogP contribution in [0.4, 0.5) is 20.3 Å². The predicted molar refractivity (Wildman–Crippen MR) is 61.3 cm³/mol. The fourth-order valence-corrected chi connectivity index (χ4v) is 1.60. The molecule has 0 aliphatic carbocycles. The summed E-state index contributed by atoms with van der Waals surface area (Å²) in [7, 11) is 0. The van der Waals surface area contributed by atoms with Crippen LogP contribution in [0, 0.1) is 11.6 Å². The number of benzene rings is 1. The van der Waals surface area contributed by atoms with Crippen LogP contribution in [0.15, 0.2) is 30.7 Å². The van der Waals surface area contributed by atoms with E-state index in [9.17, 15) is 8.78 Å². The lowest BCUT2D eigenvalue weighted by Gasteiger charge is -2.07. The standard InChI is InChI=1S/C11H7F2N5/c12-7-2-1-3-8(13)9(7)17-10-6-4-16-18-11(6)15-5-14-10/h1-5H,(H2,14,15,16,17,18). The molecule has 2 heterocycles. The lowest BCUT2D eigenvalue weighted by atomic mass is 10.3. The van der Waals surface area contributed by atoms with E-state index in [0.29, 0.717) is 11.0 Å². The van der Waals surface area contributed by atoms with Gasteiger partial charge in [0, 0.05) is 0 Å². The van der Waals surface area contributed by atoms with Crippen molar-refractivity contribution in [3.8, 4) is 0 Å². The van der Waals surface area contributed by atoms with Gasteiger partial charge in [-0.05, 0) is 12.1 Å². The first-order chi connectivity index (χ1) is 8.75. The predicted octanol–water partition coefficient (Wildman–Crippen LogP) is 2.37. The number of aromatic amines is 1. The van der Waals surface area contributed by atoms with Crippen molar-refractivity contribution in [2.24, 2.45) is 0 Å². The number of rotatable bonds is 2. The second-order valence-corrected chi connectivity index (χ2v) is 3.58. The van der Waals surface area contributed by atoms with Crippen LogP contribution in [0.1, 0.15) is 0 Å². The Morgan fingerprint density at radius 1 is 1.11 bits per heavy atom. The monoisotopic (exact) mass is 247 g/mol. The minimum Gasteiger partial charge on any atom is -0.335 e. The summed E-state index contributed by atoms with van der Waals surface area (Å²) < 4.78 is 27.0. The van der Waals surface area contributed by atoms with Crippen molar-refractivity contribution in [2.45, 2.75) is 0 Å². The molecular formula is C11H7F2N5. The maximum Gasteiger partial charge on any atom is 0.160 e. The van der Waals surface area contributed by atoms with Gasteiger partial charge in [-0.25, -0.2) is 18.7 Å². The molecule has 0 spiro atoms. The summed E-state index contributed by atoms with van der Waals surface area (Å²) in [6.45, 7) is 0. The molecule has 0 aliphatic rings. The summed E-state index contributed by atoms with van der Waals surface area (Å²) >= 11 is 0. The molecule has 2 aromatic heterocycles. The number of aromatic nitrogens is 4. The van der Waals surface area contributed by atoms with Crippen molar-refractivity contribution < 1.29 is 8.78 Å². The average Bonchev–Trinajstić information content (AvgIpc) is 2.83. The molecule has 3 aromatic rings. The number of hydrogen-bond donors (Lipinski definition) is 2. The summed E-state index contributed by atoms with van der Waals surface area (Å²) in [6.07, 6.45) is 2.76. The summed E-state index contributed by atoms with van der Waals surface area (Å²) in [5.74, 6) is -1.09. The molecule has 5 nitrogen and oxygen atoms in total. The van der Waals surface area contributed by atoms with Crippen LogP contribution in [-0.4, -0.2) is 20.2 Å². The highest BCUT2D eigenvalue weighted by atomic mass is 19.1. The van der Waals surface area contributed by atoms with Crippen molar-refractivity contribution in [3.05, 3.63) is 42.4 Å². The maximum absolute atomic E-state index is 13.5. The normalized spacial score (nSPS) is 10.8. The highest BCUT2D eigenvalue weighted by Crippen LogP contribution is 2.25. The molecule has 0 unspecified atom stereocenters. The molecule has 0 radical (unpaired) electrons. The molecule has 1 aromatic carbocycles. The van der Waals surface area contributed by atoms with E-state index >= 15 is 0 Å². The van der Waals surface area contributed by atoms with Gasteiger partial charge in [-0.1, -0.05) is 6.07 Å². The second kappa shape index (κ2) is 4.02. The molecule has 0 fully saturated rings. The van der Waals surface area contributed by atoms with Gasteiger partial charge in [0.1, 0.15) is 29.5 Å². The summed E-state index contributed by atoms with van der Waals surface area (Å²) in [5.41, 5.74) is 0.239. The Bertz CT molecular complexity index is 689. The van der Waals surface area contributed by atoms with Gasteiger partial charge in [0.15, 0.2) is 5.65 Å². The largest absolute Gasteiger partial charge is 0.335 e. The zero-order valence-corrected chi connectivity index (χ0v) is 8.98. The van der Waals surface area contributed by atoms with Gasteiger partial charge in [-0.15, -0.1) is 0 Å². The Kier molecular flexibility index (Phi) is 2.36. The van der Waals surface area contributed by atoms with Gasteiger partial charge in [-0.2, -0.15) is 5.10 Å². The smallest absolute Gasteiger partial charge is 0.160 e. The third-order valence-electron chi connectivity index (χ3n) is 2.45. The number of fused-ring (bicyclic) bond motifs is 1. The molecule has 90 valence electrons. The van der Waals surface area contributed by atoms with Crippen LogP contribution >= 0.6 is 0 Å². The Morgan fingerprint density at radius 2 is 1.89 bits per heavy atom. The molecule has 0 atom stereocenters. The molecule has 2 N–H and O–H groups in total. The van der Waals surface area contributed by atoms with Crippen LogP contribution in [0.3, 0.4) is 0 Å². The van der Waals surface area contributed by atoms with Gasteiger partial charge in [0.2, 0.25) is 0 Å². The Balaban J connectivity index is 2.09. The third-order valence-corrected chi connectivity index (χ3v) is 2.45. The molecule has 0 saturated carbocycles. The van der Waals surface area contributed by atoms with Gasteiger partial charge >= 0.3 is 0 Å². The fourth-order valence-electron chi connectivity index (χ4n) is 1.60. The molecule has 3 rings (SSSR count). The molecular weight excluding hydrogens is 240 g/mol. The van der Waals surface area contributed by atoms with Gasteiger partial charge in [-0.3, -0.25) is 5.10 Å². The van der Waals surface area contributed by atoms with Crippen molar-refractivity contribution in [1.82, 2.24) is 20.2 Å². The highest BCUT2D eigenvalue weighted by molar-refractivity contribution is 5.87. The zero-order valence-electron chi connectivity index (χ0n) is 8.98. The molecule has 0 amide bonds. The fraction of sp³-hybridized carbons (Fsp3) is 0. The van der Waals surface area contributed by atoms with Gasteiger partial charge in [0.25, 0.3) is 0 Å². The Morgan fingerprint density at radius 3 is 2.67 bits per heavy atom. The average molecular weight is 247 g/mol. The van der Waals surface area contributed by atoms with Crippen LogP contribution in [0.25, 0.3) is 11.0 Å². The number of hydrogen-bond acceptors (Lipinski definition) is 4. The first-order valence-corrected chi connectivity index (χ1v) is 5.11. The van der Waals surface area contributed by atoms with E-state index in [1.54, 1.807) is 0 Å². The molecule has 18 heavy (non-hydrogen) atoms. The minimum absolute atomic E-state index is 0.251. The number of halogens is 2. The van der Waals surface area contributed by atoms with E-state index in [1.807, 2.05) is 0 Å². The molecule has 0 aliphatic heterocycles. The van der Waals surface area contributed by atoms with Crippen LogP contribution in [0.2, 0.25) is 0 Å². The summed E-state index contributed by atoms with van der Waals surface area (Å²) in [4.78, 5) is 7.87. The topological polar surface area (TPSA) is 66.5 Å². The van der Waals surface area contributed by atoms with E-state index in [0.717, 1.165) is 0 Å². The van der Waals surface area contributed by atoms with Gasteiger partial charge in [0.05, 0.1) is 11.6 Å². The molecule has 0 bridgehead atoms. The number of para-hydroxylation sites is 1. The van der Waals surface area contributed by atoms with Crippen molar-refractivity contribution in [2.75, 3.05) is 5.32 Å². The SMILES string of the molecule is Fc1cccc(F)c1Nc1ncnc2[nH]ncc12. The lowest BCUT2D eigenvalue weighted by molar-refractivity contribution is 0.590. The number of H-pyrrole nitrogens is 1. The number of nitrogens with one attached hydrogen (secondary N) is 2. The maximum atomic E-state index is 13.5. The minimum atomic E-state index is -0.690. The summed E-state index contributed by atoms with van der Waals surface area (Å²) in [6, 6.07) is 3.63. The lowest BCUT2D eigenvalue weighted by Crippen LogP contribution is -2.00. The third kappa shape index (κ3) is 1.65. The van der Waals surface area contributed by atoms with Crippen LogP contribution < -0.4 is 5.32 Å². The van der Waals surface area contributed by atoms with E-state index in [1.165, 1.54) is 30.7 Å². The van der Waals surface area contributed by atoms with Gasteiger partial charge < -0.3 is 5.32 Å². The van der Waals surface area contributed by atoms with Crippen molar-refractivity contribution >= 4 is 22.5 Å². The second-order valence-electron chi connectivity index (χ2n) is 3.58. The van der Waals surface area contributed by atoms with E-state index < -0.39 is 11.6 Å². The number of anilines is 2. The van der Waals surface area contributed by atoms with Crippen molar-refractivity contribution in [3.63, 3.8) is 0 Å². The summed E-state index contributed by atoms with van der Waals surface area (Å²) in [5, 5.41) is 9.60. The first-order valence-electron chi connectivity index (χ1n) is 5.11. The Hall–Kier alpha value is -2.57. The molecule has 7 heteroatoms. The quantitative estimate of drug-likeness (QED) is 0.729. The van der Waals surface area contributed by atoms with Crippen LogP contribution in [0.5, 0.6) is 0 Å². The molecule has 0 saturated heterocycles. The Labute approximate surface area is 99.9 Å². The highest BCUT2D eigenvalue weighted by Gasteiger charge is 2.11. The van der Waals surface area contributed by atoms with Crippen molar-refractivity contribution in [1.29, 1.82) is 0 Å².